The fraction of sp³-hybridized carbons (Fsp3) is 0.750. The summed E-state index contributed by atoms with van der Waals surface area (Å²) < 4.78 is 4.83. The van der Waals surface area contributed by atoms with Crippen molar-refractivity contribution in [3.63, 3.8) is 0 Å². The second-order valence-corrected chi connectivity index (χ2v) is 6.81. The summed E-state index contributed by atoms with van der Waals surface area (Å²) in [5.74, 6) is -2.42. The molecule has 1 saturated heterocycles. The highest BCUT2D eigenvalue weighted by atomic mass is 35.5. The minimum Gasteiger partial charge on any atom is -0.467 e. The second kappa shape index (κ2) is 6.79. The fourth-order valence-corrected chi connectivity index (χ4v) is 4.01. The summed E-state index contributed by atoms with van der Waals surface area (Å²) in [5, 5.41) is 24.5. The van der Waals surface area contributed by atoms with E-state index in [4.69, 9.17) is 16.3 Å². The number of rotatable bonds is 5. The van der Waals surface area contributed by atoms with Crippen molar-refractivity contribution < 1.29 is 24.5 Å². The number of hydrogen-bond acceptors (Lipinski definition) is 5. The van der Waals surface area contributed by atoms with Gasteiger partial charge in [-0.15, -0.1) is 11.6 Å². The molecule has 1 aliphatic carbocycles. The van der Waals surface area contributed by atoms with Crippen molar-refractivity contribution in [2.24, 2.45) is 11.8 Å². The Labute approximate surface area is 140 Å². The molecule has 0 radical (unpaired) electrons. The number of esters is 1. The maximum absolute atomic E-state index is 12.5. The summed E-state index contributed by atoms with van der Waals surface area (Å²) >= 11 is 5.73. The molecule has 0 spiro atoms. The van der Waals surface area contributed by atoms with Gasteiger partial charge in [0.15, 0.2) is 5.54 Å². The first-order valence-electron chi connectivity index (χ1n) is 7.86. The molecule has 1 heterocycles. The van der Waals surface area contributed by atoms with Gasteiger partial charge in [0, 0.05) is 11.8 Å². The molecule has 0 saturated carbocycles. The Bertz CT molecular complexity index is 507. The lowest BCUT2D eigenvalue weighted by Crippen LogP contribution is -2.70. The summed E-state index contributed by atoms with van der Waals surface area (Å²) in [5.41, 5.74) is -3.71. The van der Waals surface area contributed by atoms with Crippen molar-refractivity contribution in [1.29, 1.82) is 0 Å². The van der Waals surface area contributed by atoms with Gasteiger partial charge in [-0.3, -0.25) is 4.79 Å². The van der Waals surface area contributed by atoms with E-state index in [0.29, 0.717) is 6.42 Å². The van der Waals surface area contributed by atoms with Gasteiger partial charge in [-0.2, -0.15) is 0 Å². The van der Waals surface area contributed by atoms with Crippen molar-refractivity contribution in [3.8, 4) is 0 Å². The molecule has 0 unspecified atom stereocenters. The smallest absolute Gasteiger partial charge is 0.337 e. The lowest BCUT2D eigenvalue weighted by molar-refractivity contribution is -0.173. The quantitative estimate of drug-likeness (QED) is 0.388. The molecule has 0 aromatic rings. The van der Waals surface area contributed by atoms with Crippen LogP contribution in [0.15, 0.2) is 12.2 Å². The van der Waals surface area contributed by atoms with Crippen LogP contribution in [0.3, 0.4) is 0 Å². The third-order valence-electron chi connectivity index (χ3n) is 5.16. The number of alkyl halides is 1. The van der Waals surface area contributed by atoms with Crippen LogP contribution in [-0.2, 0) is 14.3 Å². The van der Waals surface area contributed by atoms with E-state index in [1.807, 2.05) is 12.2 Å². The lowest BCUT2D eigenvalue weighted by Gasteiger charge is -2.44. The van der Waals surface area contributed by atoms with E-state index in [-0.39, 0.29) is 18.2 Å². The van der Waals surface area contributed by atoms with Gasteiger partial charge in [-0.05, 0) is 32.6 Å². The van der Waals surface area contributed by atoms with Crippen LogP contribution in [0.4, 0.5) is 0 Å². The van der Waals surface area contributed by atoms with Crippen LogP contribution in [0.25, 0.3) is 0 Å². The highest BCUT2D eigenvalue weighted by Gasteiger charge is 2.69. The molecular weight excluding hydrogens is 322 g/mol. The molecule has 1 amide bonds. The van der Waals surface area contributed by atoms with Crippen molar-refractivity contribution in [1.82, 2.24) is 5.32 Å². The van der Waals surface area contributed by atoms with E-state index in [1.54, 1.807) is 0 Å². The zero-order chi connectivity index (χ0) is 17.3. The summed E-state index contributed by atoms with van der Waals surface area (Å²) in [7, 11) is 1.17. The average Bonchev–Trinajstić information content (AvgIpc) is 2.75. The second-order valence-electron chi connectivity index (χ2n) is 6.43. The SMILES string of the molecule is COC(=O)[C@]1([C@@H](O)[C@@H]2C=CCCC2)NC(=O)[C@H](CCCl)[C@]1(C)O. The number of aliphatic hydroxyl groups is 2. The number of carbonyl (C=O) groups excluding carboxylic acids is 2. The molecule has 0 aromatic heterocycles. The summed E-state index contributed by atoms with van der Waals surface area (Å²) in [4.78, 5) is 24.9. The predicted molar refractivity (Wildman–Crippen MR) is 84.8 cm³/mol. The van der Waals surface area contributed by atoms with E-state index >= 15 is 0 Å². The lowest BCUT2D eigenvalue weighted by atomic mass is 9.68. The Morgan fingerprint density at radius 3 is 2.83 bits per heavy atom. The van der Waals surface area contributed by atoms with Gasteiger partial charge in [0.05, 0.1) is 19.1 Å². The summed E-state index contributed by atoms with van der Waals surface area (Å²) in [6.07, 6.45) is 5.13. The van der Waals surface area contributed by atoms with Gasteiger partial charge in [-0.1, -0.05) is 12.2 Å². The Morgan fingerprint density at radius 2 is 2.30 bits per heavy atom. The average molecular weight is 346 g/mol. The Balaban J connectivity index is 2.47. The van der Waals surface area contributed by atoms with Gasteiger partial charge < -0.3 is 20.3 Å². The first-order valence-corrected chi connectivity index (χ1v) is 8.39. The van der Waals surface area contributed by atoms with E-state index in [2.05, 4.69) is 5.32 Å². The minimum atomic E-state index is -1.90. The highest BCUT2D eigenvalue weighted by Crippen LogP contribution is 2.44. The minimum absolute atomic E-state index is 0.158. The zero-order valence-corrected chi connectivity index (χ0v) is 14.2. The van der Waals surface area contributed by atoms with E-state index in [1.165, 1.54) is 14.0 Å². The van der Waals surface area contributed by atoms with Crippen LogP contribution in [-0.4, -0.2) is 52.3 Å². The number of aliphatic hydroxyl groups excluding tert-OH is 1. The van der Waals surface area contributed by atoms with E-state index in [9.17, 15) is 19.8 Å². The number of hydrogen-bond donors (Lipinski definition) is 3. The molecule has 6 nitrogen and oxygen atoms in total. The Morgan fingerprint density at radius 1 is 1.61 bits per heavy atom. The largest absolute Gasteiger partial charge is 0.467 e. The fourth-order valence-electron chi connectivity index (χ4n) is 3.79. The van der Waals surface area contributed by atoms with Crippen LogP contribution in [0.1, 0.15) is 32.6 Å². The first kappa shape index (κ1) is 18.2. The molecule has 2 aliphatic rings. The molecule has 0 aromatic carbocycles. The molecule has 5 atom stereocenters. The molecule has 130 valence electrons. The maximum Gasteiger partial charge on any atom is 0.337 e. The third kappa shape index (κ3) is 2.77. The molecule has 1 aliphatic heterocycles. The monoisotopic (exact) mass is 345 g/mol. The standard InChI is InChI=1S/C16H24ClNO5/c1-15(22)11(8-9-17)13(20)18-16(15,14(21)23-2)12(19)10-6-4-3-5-7-10/h4,6,10-12,19,22H,3,5,7-9H2,1-2H3,(H,18,20)/t10-,11+,12+,15+,16+/m1/s1. The normalized spacial score (nSPS) is 38.2. The van der Waals surface area contributed by atoms with Gasteiger partial charge in [0.1, 0.15) is 5.60 Å². The van der Waals surface area contributed by atoms with Crippen LogP contribution in [0, 0.1) is 11.8 Å². The van der Waals surface area contributed by atoms with Gasteiger partial charge in [0.2, 0.25) is 5.91 Å². The van der Waals surface area contributed by atoms with Crippen molar-refractivity contribution in [2.75, 3.05) is 13.0 Å². The van der Waals surface area contributed by atoms with Gasteiger partial charge in [-0.25, -0.2) is 4.79 Å². The molecule has 3 N–H and O–H groups in total. The Hall–Kier alpha value is -1.11. The van der Waals surface area contributed by atoms with Crippen molar-refractivity contribution >= 4 is 23.5 Å². The molecular formula is C16H24ClNO5. The number of nitrogens with one attached hydrogen (secondary N) is 1. The van der Waals surface area contributed by atoms with Gasteiger partial charge >= 0.3 is 5.97 Å². The summed E-state index contributed by atoms with van der Waals surface area (Å²) in [6.45, 7) is 1.38. The van der Waals surface area contributed by atoms with Crippen LogP contribution in [0.5, 0.6) is 0 Å². The molecule has 7 heteroatoms. The zero-order valence-electron chi connectivity index (χ0n) is 13.4. The number of carbonyl (C=O) groups is 2. The van der Waals surface area contributed by atoms with E-state index < -0.39 is 35.0 Å². The molecule has 0 bridgehead atoms. The summed E-state index contributed by atoms with van der Waals surface area (Å²) in [6, 6.07) is 0. The third-order valence-corrected chi connectivity index (χ3v) is 5.38. The van der Waals surface area contributed by atoms with Crippen LogP contribution < -0.4 is 5.32 Å². The number of methoxy groups -OCH3 is 1. The van der Waals surface area contributed by atoms with Crippen molar-refractivity contribution in [3.05, 3.63) is 12.2 Å². The molecule has 2 rings (SSSR count). The number of amides is 1. The van der Waals surface area contributed by atoms with Crippen molar-refractivity contribution in [2.45, 2.75) is 49.9 Å². The van der Waals surface area contributed by atoms with Crippen LogP contribution in [0.2, 0.25) is 0 Å². The maximum atomic E-state index is 12.5. The predicted octanol–water partition coefficient (Wildman–Crippen LogP) is 0.741. The number of ether oxygens (including phenoxy) is 1. The first-order chi connectivity index (χ1) is 10.8. The number of halogens is 1. The Kier molecular flexibility index (Phi) is 5.38. The molecule has 1 fully saturated rings. The van der Waals surface area contributed by atoms with E-state index in [0.717, 1.165) is 12.8 Å². The van der Waals surface area contributed by atoms with Crippen LogP contribution >= 0.6 is 11.6 Å². The van der Waals surface area contributed by atoms with Gasteiger partial charge in [0.25, 0.3) is 0 Å². The topological polar surface area (TPSA) is 95.9 Å². The highest BCUT2D eigenvalue weighted by molar-refractivity contribution is 6.18. The molecule has 23 heavy (non-hydrogen) atoms. The number of allylic oxidation sites excluding steroid dienone is 1.